The fourth-order valence-electron chi connectivity index (χ4n) is 2.82. The van der Waals surface area contributed by atoms with E-state index < -0.39 is 0 Å². The Bertz CT molecular complexity index is 437. The zero-order chi connectivity index (χ0) is 14.0. The molecule has 0 spiro atoms. The Kier molecular flexibility index (Phi) is 4.26. The van der Waals surface area contributed by atoms with Crippen molar-refractivity contribution in [3.8, 4) is 0 Å². The van der Waals surface area contributed by atoms with Gasteiger partial charge in [-0.2, -0.15) is 0 Å². The van der Waals surface area contributed by atoms with Gasteiger partial charge < -0.3 is 5.73 Å². The van der Waals surface area contributed by atoms with Gasteiger partial charge in [0.1, 0.15) is 5.82 Å². The summed E-state index contributed by atoms with van der Waals surface area (Å²) < 4.78 is 13.4. The molecular formula is C16H25FN2. The van der Waals surface area contributed by atoms with Crippen LogP contribution in [0.4, 0.5) is 4.39 Å². The molecular weight excluding hydrogens is 239 g/mol. The van der Waals surface area contributed by atoms with Crippen LogP contribution in [0.25, 0.3) is 0 Å². The number of benzene rings is 1. The molecule has 1 aromatic rings. The standard InChI is InChI=1S/C16H25FN2/c1-16(2,3)14-6-7-19(11-14)10-12-4-5-15(17)13(8-12)9-18/h4-5,8,14H,6-7,9-11,18H2,1-3H3. The molecule has 2 N–H and O–H groups in total. The third-order valence-corrected chi connectivity index (χ3v) is 4.23. The SMILES string of the molecule is CC(C)(C)C1CCN(Cc2ccc(F)c(CN)c2)C1. The Morgan fingerprint density at radius 3 is 2.68 bits per heavy atom. The molecule has 1 aliphatic heterocycles. The fourth-order valence-corrected chi connectivity index (χ4v) is 2.82. The summed E-state index contributed by atoms with van der Waals surface area (Å²) in [6.07, 6.45) is 1.26. The second kappa shape index (κ2) is 5.59. The monoisotopic (exact) mass is 264 g/mol. The molecule has 2 rings (SSSR count). The van der Waals surface area contributed by atoms with Crippen molar-refractivity contribution < 1.29 is 4.39 Å². The van der Waals surface area contributed by atoms with Crippen LogP contribution < -0.4 is 5.73 Å². The second-order valence-electron chi connectivity index (χ2n) is 6.72. The summed E-state index contributed by atoms with van der Waals surface area (Å²) in [5, 5.41) is 0. The molecule has 1 aromatic carbocycles. The zero-order valence-electron chi connectivity index (χ0n) is 12.2. The van der Waals surface area contributed by atoms with Crippen molar-refractivity contribution in [2.45, 2.75) is 40.3 Å². The van der Waals surface area contributed by atoms with Crippen molar-refractivity contribution in [3.05, 3.63) is 35.1 Å². The van der Waals surface area contributed by atoms with E-state index in [1.807, 2.05) is 12.1 Å². The first-order valence-corrected chi connectivity index (χ1v) is 7.10. The molecule has 1 fully saturated rings. The number of rotatable bonds is 3. The molecule has 0 bridgehead atoms. The van der Waals surface area contributed by atoms with Crippen molar-refractivity contribution in [3.63, 3.8) is 0 Å². The van der Waals surface area contributed by atoms with E-state index in [-0.39, 0.29) is 12.4 Å². The summed E-state index contributed by atoms with van der Waals surface area (Å²) in [5.74, 6) is 0.558. The number of nitrogens with zero attached hydrogens (tertiary/aromatic N) is 1. The van der Waals surface area contributed by atoms with E-state index in [0.717, 1.165) is 31.1 Å². The zero-order valence-corrected chi connectivity index (χ0v) is 12.2. The van der Waals surface area contributed by atoms with Crippen LogP contribution in [0.2, 0.25) is 0 Å². The Labute approximate surface area is 115 Å². The lowest BCUT2D eigenvalue weighted by Gasteiger charge is -2.27. The number of likely N-dealkylation sites (tertiary alicyclic amines) is 1. The van der Waals surface area contributed by atoms with E-state index in [4.69, 9.17) is 5.73 Å². The number of halogens is 1. The highest BCUT2D eigenvalue weighted by Gasteiger charge is 2.31. The summed E-state index contributed by atoms with van der Waals surface area (Å²) in [5.41, 5.74) is 7.71. The third kappa shape index (κ3) is 3.54. The lowest BCUT2D eigenvalue weighted by atomic mass is 9.80. The number of hydrogen-bond donors (Lipinski definition) is 1. The summed E-state index contributed by atoms with van der Waals surface area (Å²) >= 11 is 0. The van der Waals surface area contributed by atoms with E-state index in [0.29, 0.717) is 11.0 Å². The van der Waals surface area contributed by atoms with Gasteiger partial charge in [-0.1, -0.05) is 32.9 Å². The smallest absolute Gasteiger partial charge is 0.127 e. The minimum absolute atomic E-state index is 0.194. The van der Waals surface area contributed by atoms with Crippen molar-refractivity contribution in [2.75, 3.05) is 13.1 Å². The van der Waals surface area contributed by atoms with Crippen molar-refractivity contribution >= 4 is 0 Å². The third-order valence-electron chi connectivity index (χ3n) is 4.23. The van der Waals surface area contributed by atoms with Crippen LogP contribution in [0.15, 0.2) is 18.2 Å². The average molecular weight is 264 g/mol. The van der Waals surface area contributed by atoms with Gasteiger partial charge in [-0.15, -0.1) is 0 Å². The predicted molar refractivity (Wildman–Crippen MR) is 77.1 cm³/mol. The maximum absolute atomic E-state index is 13.4. The summed E-state index contributed by atoms with van der Waals surface area (Å²) in [6.45, 7) is 10.4. The quantitative estimate of drug-likeness (QED) is 0.908. The number of nitrogens with two attached hydrogens (primary N) is 1. The average Bonchev–Trinajstić information content (AvgIpc) is 2.80. The van der Waals surface area contributed by atoms with Crippen LogP contribution in [0.1, 0.15) is 38.3 Å². The predicted octanol–water partition coefficient (Wildman–Crippen LogP) is 3.15. The van der Waals surface area contributed by atoms with Gasteiger partial charge in [0.05, 0.1) is 0 Å². The fraction of sp³-hybridized carbons (Fsp3) is 0.625. The van der Waals surface area contributed by atoms with Gasteiger partial charge in [-0.3, -0.25) is 4.90 Å². The lowest BCUT2D eigenvalue weighted by Crippen LogP contribution is -2.25. The maximum Gasteiger partial charge on any atom is 0.127 e. The van der Waals surface area contributed by atoms with Gasteiger partial charge in [0, 0.05) is 25.2 Å². The van der Waals surface area contributed by atoms with Crippen molar-refractivity contribution in [1.29, 1.82) is 0 Å². The molecule has 1 aliphatic rings. The van der Waals surface area contributed by atoms with E-state index in [9.17, 15) is 4.39 Å². The molecule has 1 heterocycles. The molecule has 0 radical (unpaired) electrons. The number of hydrogen-bond acceptors (Lipinski definition) is 2. The van der Waals surface area contributed by atoms with Gasteiger partial charge in [0.2, 0.25) is 0 Å². The Morgan fingerprint density at radius 2 is 2.11 bits per heavy atom. The highest BCUT2D eigenvalue weighted by atomic mass is 19.1. The summed E-state index contributed by atoms with van der Waals surface area (Å²) in [4.78, 5) is 2.46. The molecule has 0 amide bonds. The van der Waals surface area contributed by atoms with Crippen molar-refractivity contribution in [1.82, 2.24) is 4.90 Å². The first-order chi connectivity index (χ1) is 8.90. The van der Waals surface area contributed by atoms with Crippen LogP contribution in [0.5, 0.6) is 0 Å². The Balaban J connectivity index is 1.99. The maximum atomic E-state index is 13.4. The van der Waals surface area contributed by atoms with Crippen LogP contribution in [-0.2, 0) is 13.1 Å². The highest BCUT2D eigenvalue weighted by Crippen LogP contribution is 2.34. The molecule has 0 saturated carbocycles. The van der Waals surface area contributed by atoms with Crippen LogP contribution >= 0.6 is 0 Å². The van der Waals surface area contributed by atoms with Gasteiger partial charge >= 0.3 is 0 Å². The summed E-state index contributed by atoms with van der Waals surface area (Å²) in [6, 6.07) is 5.31. The van der Waals surface area contributed by atoms with Gasteiger partial charge in [0.15, 0.2) is 0 Å². The molecule has 1 unspecified atom stereocenters. The molecule has 1 atom stereocenters. The van der Waals surface area contributed by atoms with E-state index >= 15 is 0 Å². The van der Waals surface area contributed by atoms with E-state index in [2.05, 4.69) is 25.7 Å². The van der Waals surface area contributed by atoms with Gasteiger partial charge in [-0.25, -0.2) is 4.39 Å². The van der Waals surface area contributed by atoms with Gasteiger partial charge in [0.25, 0.3) is 0 Å². The Morgan fingerprint density at radius 1 is 1.37 bits per heavy atom. The molecule has 0 aliphatic carbocycles. The molecule has 19 heavy (non-hydrogen) atoms. The Hall–Kier alpha value is -0.930. The minimum Gasteiger partial charge on any atom is -0.326 e. The first-order valence-electron chi connectivity index (χ1n) is 7.10. The summed E-state index contributed by atoms with van der Waals surface area (Å²) in [7, 11) is 0. The topological polar surface area (TPSA) is 29.3 Å². The molecule has 3 heteroatoms. The normalized spacial score (nSPS) is 21.0. The first kappa shape index (κ1) is 14.5. The van der Waals surface area contributed by atoms with E-state index in [1.54, 1.807) is 0 Å². The molecule has 1 saturated heterocycles. The van der Waals surface area contributed by atoms with Crippen LogP contribution in [0, 0.1) is 17.2 Å². The molecule has 2 nitrogen and oxygen atoms in total. The van der Waals surface area contributed by atoms with Gasteiger partial charge in [-0.05, 0) is 35.9 Å². The second-order valence-corrected chi connectivity index (χ2v) is 6.72. The van der Waals surface area contributed by atoms with Crippen LogP contribution in [-0.4, -0.2) is 18.0 Å². The lowest BCUT2D eigenvalue weighted by molar-refractivity contribution is 0.226. The largest absolute Gasteiger partial charge is 0.326 e. The molecule has 106 valence electrons. The van der Waals surface area contributed by atoms with E-state index in [1.165, 1.54) is 12.5 Å². The minimum atomic E-state index is -0.194. The van der Waals surface area contributed by atoms with Crippen LogP contribution in [0.3, 0.4) is 0 Å². The molecule has 0 aromatic heterocycles. The highest BCUT2D eigenvalue weighted by molar-refractivity contribution is 5.25. The van der Waals surface area contributed by atoms with Crippen molar-refractivity contribution in [2.24, 2.45) is 17.1 Å².